The van der Waals surface area contributed by atoms with Gasteiger partial charge in [0.1, 0.15) is 29.9 Å². The van der Waals surface area contributed by atoms with E-state index in [1.54, 1.807) is 0 Å². The Morgan fingerprint density at radius 2 is 2.06 bits per heavy atom. The van der Waals surface area contributed by atoms with Crippen LogP contribution < -0.4 is 16.4 Å². The summed E-state index contributed by atoms with van der Waals surface area (Å²) in [5, 5.41) is 23.1. The molecule has 2 aliphatic rings. The lowest BCUT2D eigenvalue weighted by Gasteiger charge is -2.29. The van der Waals surface area contributed by atoms with Crippen molar-refractivity contribution in [2.24, 2.45) is 5.41 Å². The minimum Gasteiger partial charge on any atom is -0.390 e. The number of fused-ring (bicyclic) bond motifs is 2. The zero-order chi connectivity index (χ0) is 26.2. The van der Waals surface area contributed by atoms with Crippen molar-refractivity contribution in [3.8, 4) is 0 Å². The minimum atomic E-state index is -2.56. The molecule has 9 heteroatoms. The van der Waals surface area contributed by atoms with Gasteiger partial charge >= 0.3 is 0 Å². The third-order valence-electron chi connectivity index (χ3n) is 6.67. The van der Waals surface area contributed by atoms with E-state index in [0.717, 1.165) is 32.2 Å². The average Bonchev–Trinajstić information content (AvgIpc) is 3.12. The van der Waals surface area contributed by atoms with Crippen LogP contribution in [0.25, 0.3) is 10.9 Å². The summed E-state index contributed by atoms with van der Waals surface area (Å²) in [6, 6.07) is 6.87. The van der Waals surface area contributed by atoms with E-state index in [-0.39, 0.29) is 23.6 Å². The molecule has 8 nitrogen and oxygen atoms in total. The molecule has 0 radical (unpaired) electrons. The Morgan fingerprint density at radius 1 is 1.25 bits per heavy atom. The molecule has 1 aliphatic carbocycles. The lowest BCUT2D eigenvalue weighted by Crippen LogP contribution is -2.43. The van der Waals surface area contributed by atoms with Gasteiger partial charge in [-0.15, -0.1) is 0 Å². The number of hydrogen-bond donors (Lipinski definition) is 4. The molecule has 0 saturated heterocycles. The molecular formula is C23H27BrN6O2. The Bertz CT molecular complexity index is 1360. The number of rotatable bonds is 4. The number of aliphatic hydroxyl groups excluding tert-OH is 2. The molecule has 3 aromatic rings. The van der Waals surface area contributed by atoms with Crippen LogP contribution >= 0.6 is 15.9 Å². The summed E-state index contributed by atoms with van der Waals surface area (Å²) in [7, 11) is 0. The summed E-state index contributed by atoms with van der Waals surface area (Å²) in [6.45, 7) is -0.709. The number of nitrogens with zero attached hydrogens (tertiary/aromatic N) is 4. The second-order valence-corrected chi connectivity index (χ2v) is 9.66. The molecular weight excluding hydrogens is 472 g/mol. The third-order valence-corrected chi connectivity index (χ3v) is 7.31. The normalized spacial score (nSPS) is 32.2. The number of anilines is 3. The lowest BCUT2D eigenvalue weighted by atomic mass is 9.80. The Hall–Kier alpha value is -2.49. The number of aromatic nitrogens is 3. The second kappa shape index (κ2) is 7.83. The highest BCUT2D eigenvalue weighted by atomic mass is 79.9. The van der Waals surface area contributed by atoms with Gasteiger partial charge in [0.25, 0.3) is 0 Å². The summed E-state index contributed by atoms with van der Waals surface area (Å²) in [6.07, 6.45) is -2.53. The molecule has 0 bridgehead atoms. The standard InChI is InChI=1S/C23H27BrN6O2/c1-23(6-4-12-2-3-13-9-15(24)21(26)29-16(13)8-12)10-17(18(31)19(23)32)30-7-5-14-20(25)27-11-28-22(14)30/h2-3,8-9,11,17-19,31-32H,4-7,10H2,1H3,(H2,26,29)(H2,25,27,28)/t17-,18+,19+,23+/m1/s1/i5D2,7D2. The first-order valence-corrected chi connectivity index (χ1v) is 11.2. The predicted octanol–water partition coefficient (Wildman–Crippen LogP) is 2.45. The van der Waals surface area contributed by atoms with Gasteiger partial charge in [0.15, 0.2) is 0 Å². The van der Waals surface area contributed by atoms with E-state index in [1.165, 1.54) is 0 Å². The summed E-state index contributed by atoms with van der Waals surface area (Å²) in [5.41, 5.74) is 12.7. The van der Waals surface area contributed by atoms with Crippen molar-refractivity contribution < 1.29 is 15.7 Å². The van der Waals surface area contributed by atoms with Crippen LogP contribution in [0.2, 0.25) is 0 Å². The van der Waals surface area contributed by atoms with Crippen LogP contribution in [-0.4, -0.2) is 49.9 Å². The maximum atomic E-state index is 11.1. The molecule has 1 saturated carbocycles. The largest absolute Gasteiger partial charge is 0.390 e. The number of hydrogen-bond acceptors (Lipinski definition) is 8. The number of pyridine rings is 1. The highest BCUT2D eigenvalue weighted by Crippen LogP contribution is 2.46. The SMILES string of the molecule is [2H]C1([2H])c2c(N)ncnc2N([C@@H]2C[C@](C)(CCc3ccc4cc(Br)c(N)nc4c3)[C@@H](O)[C@H]2O)C1([2H])[2H]. The number of aliphatic hydroxyl groups is 2. The summed E-state index contributed by atoms with van der Waals surface area (Å²) >= 11 is 3.38. The number of halogens is 1. The fourth-order valence-corrected chi connectivity index (χ4v) is 5.06. The predicted molar refractivity (Wildman–Crippen MR) is 128 cm³/mol. The third kappa shape index (κ3) is 3.48. The first kappa shape index (κ1) is 17.0. The smallest absolute Gasteiger partial charge is 0.138 e. The molecule has 3 heterocycles. The van der Waals surface area contributed by atoms with Crippen LogP contribution in [0.1, 0.15) is 36.4 Å². The van der Waals surface area contributed by atoms with Crippen molar-refractivity contribution in [2.45, 2.75) is 50.8 Å². The Balaban J connectivity index is 1.42. The summed E-state index contributed by atoms with van der Waals surface area (Å²) < 4.78 is 34.8. The summed E-state index contributed by atoms with van der Waals surface area (Å²) in [4.78, 5) is 13.5. The zero-order valence-corrected chi connectivity index (χ0v) is 19.0. The van der Waals surface area contributed by atoms with Gasteiger partial charge in [0, 0.05) is 22.9 Å². The zero-order valence-electron chi connectivity index (χ0n) is 21.5. The van der Waals surface area contributed by atoms with Gasteiger partial charge in [0.05, 0.1) is 22.1 Å². The molecule has 5 rings (SSSR count). The van der Waals surface area contributed by atoms with Gasteiger partial charge in [-0.2, -0.15) is 0 Å². The van der Waals surface area contributed by atoms with Crippen molar-refractivity contribution in [1.29, 1.82) is 0 Å². The molecule has 1 fully saturated rings. The van der Waals surface area contributed by atoms with E-state index in [2.05, 4.69) is 30.9 Å². The van der Waals surface area contributed by atoms with Crippen molar-refractivity contribution in [3.63, 3.8) is 0 Å². The van der Waals surface area contributed by atoms with Crippen molar-refractivity contribution >= 4 is 44.3 Å². The lowest BCUT2D eigenvalue weighted by molar-refractivity contribution is -0.0201. The highest BCUT2D eigenvalue weighted by molar-refractivity contribution is 9.10. The van der Waals surface area contributed by atoms with Gasteiger partial charge < -0.3 is 26.6 Å². The van der Waals surface area contributed by atoms with Crippen LogP contribution in [0.4, 0.5) is 17.5 Å². The molecule has 0 amide bonds. The molecule has 1 aliphatic heterocycles. The van der Waals surface area contributed by atoms with Gasteiger partial charge in [-0.1, -0.05) is 19.1 Å². The molecule has 0 unspecified atom stereocenters. The second-order valence-electron chi connectivity index (χ2n) is 8.81. The molecule has 1 aromatic carbocycles. The molecule has 0 spiro atoms. The fourth-order valence-electron chi connectivity index (χ4n) is 4.72. The molecule has 32 heavy (non-hydrogen) atoms. The van der Waals surface area contributed by atoms with Gasteiger partial charge in [0.2, 0.25) is 0 Å². The minimum absolute atomic E-state index is 0.00218. The van der Waals surface area contributed by atoms with E-state index in [4.69, 9.17) is 17.0 Å². The monoisotopic (exact) mass is 502 g/mol. The number of nitrogen functional groups attached to an aromatic ring is 2. The number of aryl methyl sites for hydroxylation is 1. The van der Waals surface area contributed by atoms with Crippen molar-refractivity contribution in [3.05, 3.63) is 46.2 Å². The molecule has 2 aromatic heterocycles. The van der Waals surface area contributed by atoms with Gasteiger partial charge in [-0.05, 0) is 64.7 Å². The topological polar surface area (TPSA) is 134 Å². The van der Waals surface area contributed by atoms with Crippen LogP contribution in [0.15, 0.2) is 35.1 Å². The van der Waals surface area contributed by atoms with Crippen molar-refractivity contribution in [1.82, 2.24) is 15.0 Å². The number of nitrogens with two attached hydrogens (primary N) is 2. The van der Waals surface area contributed by atoms with Gasteiger partial charge in [-0.25, -0.2) is 15.0 Å². The molecule has 4 atom stereocenters. The Labute approximate surface area is 200 Å². The van der Waals surface area contributed by atoms with E-state index >= 15 is 0 Å². The van der Waals surface area contributed by atoms with E-state index in [1.807, 2.05) is 31.2 Å². The van der Waals surface area contributed by atoms with Crippen LogP contribution in [0.5, 0.6) is 0 Å². The van der Waals surface area contributed by atoms with E-state index in [9.17, 15) is 10.2 Å². The molecule has 6 N–H and O–H groups in total. The Kier molecular flexibility index (Phi) is 4.17. The average molecular weight is 503 g/mol. The van der Waals surface area contributed by atoms with Crippen LogP contribution in [0, 0.1) is 5.41 Å². The van der Waals surface area contributed by atoms with E-state index in [0.29, 0.717) is 18.7 Å². The Morgan fingerprint density at radius 3 is 2.88 bits per heavy atom. The van der Waals surface area contributed by atoms with Crippen LogP contribution in [0.3, 0.4) is 0 Å². The quantitative estimate of drug-likeness (QED) is 0.427. The fraction of sp³-hybridized carbons (Fsp3) is 0.435. The van der Waals surface area contributed by atoms with Crippen molar-refractivity contribution in [2.75, 3.05) is 22.9 Å². The number of benzene rings is 1. The van der Waals surface area contributed by atoms with Gasteiger partial charge in [-0.3, -0.25) is 0 Å². The van der Waals surface area contributed by atoms with Crippen LogP contribution in [-0.2, 0) is 12.8 Å². The molecule has 168 valence electrons. The first-order chi connectivity index (χ1) is 16.8. The maximum Gasteiger partial charge on any atom is 0.138 e. The highest BCUT2D eigenvalue weighted by Gasteiger charge is 2.52. The first-order valence-electron chi connectivity index (χ1n) is 12.4. The summed E-state index contributed by atoms with van der Waals surface area (Å²) in [5.74, 6) is 0.250. The maximum absolute atomic E-state index is 11.1. The van der Waals surface area contributed by atoms with E-state index < -0.39 is 36.5 Å².